The van der Waals surface area contributed by atoms with Crippen LogP contribution in [0.4, 0.5) is 24.5 Å². The van der Waals surface area contributed by atoms with E-state index in [1.165, 1.54) is 12.3 Å². The highest BCUT2D eigenvalue weighted by atomic mass is 19.1. The third-order valence-electron chi connectivity index (χ3n) is 5.91. The summed E-state index contributed by atoms with van der Waals surface area (Å²) in [6, 6.07) is 2.48. The Morgan fingerprint density at radius 2 is 1.93 bits per heavy atom. The van der Waals surface area contributed by atoms with Crippen molar-refractivity contribution < 1.29 is 18.0 Å². The Morgan fingerprint density at radius 1 is 1.17 bits per heavy atom. The molecule has 30 heavy (non-hydrogen) atoms. The zero-order valence-corrected chi connectivity index (χ0v) is 16.3. The Morgan fingerprint density at radius 3 is 2.67 bits per heavy atom. The molecule has 2 N–H and O–H groups in total. The lowest BCUT2D eigenvalue weighted by Crippen LogP contribution is -2.21. The van der Waals surface area contributed by atoms with E-state index >= 15 is 4.39 Å². The minimum atomic E-state index is -0.938. The molecular formula is C22H21F3N4O. The number of fused-ring (bicyclic) bond motifs is 1. The van der Waals surface area contributed by atoms with Crippen molar-refractivity contribution in [1.82, 2.24) is 9.97 Å². The first kappa shape index (κ1) is 19.0. The van der Waals surface area contributed by atoms with E-state index < -0.39 is 28.8 Å². The number of nitrogens with one attached hydrogen (secondary N) is 2. The Bertz CT molecular complexity index is 1130. The monoisotopic (exact) mass is 414 g/mol. The van der Waals surface area contributed by atoms with Gasteiger partial charge in [-0.2, -0.15) is 0 Å². The third-order valence-corrected chi connectivity index (χ3v) is 5.91. The molecule has 0 radical (unpaired) electrons. The van der Waals surface area contributed by atoms with Gasteiger partial charge in [-0.3, -0.25) is 4.79 Å². The molecule has 3 aromatic rings. The van der Waals surface area contributed by atoms with Crippen molar-refractivity contribution in [2.24, 2.45) is 5.92 Å². The maximum atomic E-state index is 15.3. The summed E-state index contributed by atoms with van der Waals surface area (Å²) in [5.74, 6) is -2.79. The lowest BCUT2D eigenvalue weighted by molar-refractivity contribution is 0.103. The van der Waals surface area contributed by atoms with Gasteiger partial charge in [0.15, 0.2) is 11.6 Å². The quantitative estimate of drug-likeness (QED) is 0.578. The predicted octanol–water partition coefficient (Wildman–Crippen LogP) is 4.63. The van der Waals surface area contributed by atoms with Crippen LogP contribution in [0.1, 0.15) is 41.6 Å². The van der Waals surface area contributed by atoms with Crippen LogP contribution in [0.15, 0.2) is 24.5 Å². The number of anilines is 2. The van der Waals surface area contributed by atoms with Gasteiger partial charge < -0.3 is 15.2 Å². The minimum absolute atomic E-state index is 0.00771. The summed E-state index contributed by atoms with van der Waals surface area (Å²) in [5, 5.41) is 3.27. The molecule has 2 aliphatic rings. The Hall–Kier alpha value is -3.03. The van der Waals surface area contributed by atoms with E-state index in [4.69, 9.17) is 0 Å². The molecule has 0 atom stereocenters. The van der Waals surface area contributed by atoms with Gasteiger partial charge in [-0.05, 0) is 43.7 Å². The van der Waals surface area contributed by atoms with Crippen molar-refractivity contribution in [2.45, 2.75) is 25.7 Å². The summed E-state index contributed by atoms with van der Waals surface area (Å²) < 4.78 is 44.4. The van der Waals surface area contributed by atoms with Crippen LogP contribution in [0, 0.1) is 23.4 Å². The molecule has 0 unspecified atom stereocenters. The number of H-pyrrole nitrogens is 1. The van der Waals surface area contributed by atoms with E-state index in [2.05, 4.69) is 15.3 Å². The number of hydrogen-bond acceptors (Lipinski definition) is 4. The average molecular weight is 414 g/mol. The number of aromatic nitrogens is 2. The zero-order chi connectivity index (χ0) is 20.8. The number of hydrogen-bond donors (Lipinski definition) is 2. The summed E-state index contributed by atoms with van der Waals surface area (Å²) in [6.07, 6.45) is 6.39. The molecule has 1 saturated carbocycles. The van der Waals surface area contributed by atoms with Crippen LogP contribution in [0.3, 0.4) is 0 Å². The summed E-state index contributed by atoms with van der Waals surface area (Å²) in [5.41, 5.74) is 0.000395. The highest BCUT2D eigenvalue weighted by Crippen LogP contribution is 2.35. The molecule has 156 valence electrons. The predicted molar refractivity (Wildman–Crippen MR) is 109 cm³/mol. The highest BCUT2D eigenvalue weighted by molar-refractivity contribution is 6.18. The molecule has 0 amide bonds. The Kier molecular flexibility index (Phi) is 4.64. The number of pyridine rings is 1. The van der Waals surface area contributed by atoms with Gasteiger partial charge in [-0.1, -0.05) is 0 Å². The fourth-order valence-electron chi connectivity index (χ4n) is 4.08. The summed E-state index contributed by atoms with van der Waals surface area (Å²) >= 11 is 0. The van der Waals surface area contributed by atoms with E-state index in [-0.39, 0.29) is 28.0 Å². The van der Waals surface area contributed by atoms with Gasteiger partial charge in [0.1, 0.15) is 11.5 Å². The summed E-state index contributed by atoms with van der Waals surface area (Å²) in [7, 11) is 0. The normalized spacial score (nSPS) is 16.4. The van der Waals surface area contributed by atoms with Crippen LogP contribution in [-0.2, 0) is 0 Å². The number of aromatic amines is 1. The Balaban J connectivity index is 1.60. The molecule has 0 bridgehead atoms. The molecule has 8 heteroatoms. The van der Waals surface area contributed by atoms with Crippen LogP contribution in [-0.4, -0.2) is 35.4 Å². The number of carbonyl (C=O) groups excluding carboxylic acids is 1. The van der Waals surface area contributed by atoms with Gasteiger partial charge >= 0.3 is 0 Å². The van der Waals surface area contributed by atoms with Crippen molar-refractivity contribution in [1.29, 1.82) is 0 Å². The fourth-order valence-corrected chi connectivity index (χ4v) is 4.08. The topological polar surface area (TPSA) is 61.0 Å². The molecular weight excluding hydrogens is 393 g/mol. The molecule has 5 rings (SSSR count). The molecule has 1 aliphatic heterocycles. The van der Waals surface area contributed by atoms with E-state index in [1.807, 2.05) is 4.90 Å². The Labute approximate surface area is 171 Å². The number of benzene rings is 1. The first-order chi connectivity index (χ1) is 14.5. The highest BCUT2D eigenvalue weighted by Gasteiger charge is 2.29. The van der Waals surface area contributed by atoms with Crippen LogP contribution in [0.2, 0.25) is 0 Å². The molecule has 3 heterocycles. The van der Waals surface area contributed by atoms with E-state index in [1.54, 1.807) is 0 Å². The number of rotatable bonds is 6. The second kappa shape index (κ2) is 7.34. The van der Waals surface area contributed by atoms with E-state index in [9.17, 15) is 13.6 Å². The molecule has 1 saturated heterocycles. The number of halogens is 3. The van der Waals surface area contributed by atoms with Gasteiger partial charge in [0, 0.05) is 25.8 Å². The number of carbonyl (C=O) groups is 1. The molecule has 5 nitrogen and oxygen atoms in total. The van der Waals surface area contributed by atoms with Crippen LogP contribution >= 0.6 is 0 Å². The smallest absolute Gasteiger partial charge is 0.201 e. The zero-order valence-electron chi connectivity index (χ0n) is 16.3. The van der Waals surface area contributed by atoms with Crippen molar-refractivity contribution in [3.8, 4) is 0 Å². The van der Waals surface area contributed by atoms with Crippen LogP contribution < -0.4 is 10.2 Å². The SMILES string of the molecule is O=C(c1c(F)ccc(N2CCCC2)c1F)c1c[nH]c2ncc(F)c(NCC3CC3)c12. The third kappa shape index (κ3) is 3.20. The molecule has 2 aromatic heterocycles. The van der Waals surface area contributed by atoms with Gasteiger partial charge in [0.05, 0.1) is 34.1 Å². The maximum Gasteiger partial charge on any atom is 0.201 e. The fraction of sp³-hybridized carbons (Fsp3) is 0.364. The first-order valence-electron chi connectivity index (χ1n) is 10.2. The van der Waals surface area contributed by atoms with Gasteiger partial charge in [-0.15, -0.1) is 0 Å². The molecule has 1 aromatic carbocycles. The van der Waals surface area contributed by atoms with Crippen molar-refractivity contribution >= 4 is 28.2 Å². The summed E-state index contributed by atoms with van der Waals surface area (Å²) in [6.45, 7) is 1.89. The second-order valence-electron chi connectivity index (χ2n) is 8.01. The van der Waals surface area contributed by atoms with Gasteiger partial charge in [-0.25, -0.2) is 18.2 Å². The first-order valence-corrected chi connectivity index (χ1v) is 10.2. The standard InChI is InChI=1S/C22H21F3N4O/c23-14-5-6-16(29-7-1-2-8-29)19(25)18(14)21(30)13-10-27-22-17(13)20(15(24)11-28-22)26-9-12-3-4-12/h5-6,10-12H,1-4,7-9H2,(H2,26,27,28). The largest absolute Gasteiger partial charge is 0.382 e. The number of nitrogens with zero attached hydrogens (tertiary/aromatic N) is 2. The number of ketones is 1. The second-order valence-corrected chi connectivity index (χ2v) is 8.01. The van der Waals surface area contributed by atoms with Gasteiger partial charge in [0.25, 0.3) is 0 Å². The van der Waals surface area contributed by atoms with E-state index in [0.717, 1.165) is 37.9 Å². The average Bonchev–Trinajstić information content (AvgIpc) is 3.21. The van der Waals surface area contributed by atoms with Crippen LogP contribution in [0.5, 0.6) is 0 Å². The van der Waals surface area contributed by atoms with Crippen molar-refractivity contribution in [3.63, 3.8) is 0 Å². The van der Waals surface area contributed by atoms with Crippen molar-refractivity contribution in [2.75, 3.05) is 29.9 Å². The lowest BCUT2D eigenvalue weighted by Gasteiger charge is -2.19. The minimum Gasteiger partial charge on any atom is -0.382 e. The molecule has 2 fully saturated rings. The molecule has 0 spiro atoms. The van der Waals surface area contributed by atoms with Crippen molar-refractivity contribution in [3.05, 3.63) is 53.1 Å². The maximum absolute atomic E-state index is 15.3. The van der Waals surface area contributed by atoms with Crippen LogP contribution in [0.25, 0.3) is 11.0 Å². The lowest BCUT2D eigenvalue weighted by atomic mass is 10.0. The molecule has 1 aliphatic carbocycles. The summed E-state index contributed by atoms with van der Waals surface area (Å²) in [4.78, 5) is 21.9. The van der Waals surface area contributed by atoms with Gasteiger partial charge in [0.2, 0.25) is 5.78 Å². The van der Waals surface area contributed by atoms with E-state index in [0.29, 0.717) is 25.6 Å².